The van der Waals surface area contributed by atoms with Crippen molar-refractivity contribution < 1.29 is 14.3 Å². The summed E-state index contributed by atoms with van der Waals surface area (Å²) in [5.41, 5.74) is 2.65. The lowest BCUT2D eigenvalue weighted by Gasteiger charge is -2.09. The molecule has 0 unspecified atom stereocenters. The van der Waals surface area contributed by atoms with Crippen LogP contribution in [0.15, 0.2) is 24.4 Å². The number of nitrogens with zero attached hydrogens (tertiary/aromatic N) is 2. The van der Waals surface area contributed by atoms with Crippen molar-refractivity contribution in [2.45, 2.75) is 51.8 Å². The van der Waals surface area contributed by atoms with Crippen molar-refractivity contribution in [1.82, 2.24) is 15.1 Å². The molecule has 0 saturated heterocycles. The van der Waals surface area contributed by atoms with Gasteiger partial charge in [0.25, 0.3) is 5.91 Å². The van der Waals surface area contributed by atoms with E-state index < -0.39 is 5.82 Å². The predicted molar refractivity (Wildman–Crippen MR) is 88.0 cm³/mol. The van der Waals surface area contributed by atoms with Gasteiger partial charge in [0.15, 0.2) is 0 Å². The minimum atomic E-state index is -0.440. The van der Waals surface area contributed by atoms with Crippen LogP contribution >= 0.6 is 0 Å². The summed E-state index contributed by atoms with van der Waals surface area (Å²) in [6, 6.07) is 4.48. The average Bonchev–Trinajstić information content (AvgIpc) is 3.34. The zero-order valence-corrected chi connectivity index (χ0v) is 13.8. The largest absolute Gasteiger partial charge is 0.392 e. The van der Waals surface area contributed by atoms with E-state index in [9.17, 15) is 9.18 Å². The highest BCUT2D eigenvalue weighted by Gasteiger charge is 2.32. The Balaban J connectivity index is 1.71. The number of aliphatic hydroxyl groups excluding tert-OH is 1. The van der Waals surface area contributed by atoms with Crippen LogP contribution in [0.2, 0.25) is 0 Å². The molecule has 1 saturated carbocycles. The molecule has 5 nitrogen and oxygen atoms in total. The molecule has 0 spiro atoms. The van der Waals surface area contributed by atoms with Crippen LogP contribution in [0.25, 0.3) is 0 Å². The molecule has 1 aromatic carbocycles. The SMILES string of the molecule is CCCn1ncc(C(=O)NCc2ccc(F)c(CO)c2)c1C1CC1. The van der Waals surface area contributed by atoms with Gasteiger partial charge in [-0.15, -0.1) is 0 Å². The molecule has 1 heterocycles. The summed E-state index contributed by atoms with van der Waals surface area (Å²) in [6.07, 6.45) is 4.82. The van der Waals surface area contributed by atoms with Gasteiger partial charge in [0, 0.05) is 24.6 Å². The number of aliphatic hydroxyl groups is 1. The summed E-state index contributed by atoms with van der Waals surface area (Å²) in [7, 11) is 0. The van der Waals surface area contributed by atoms with Gasteiger partial charge in [-0.25, -0.2) is 4.39 Å². The number of hydrogen-bond acceptors (Lipinski definition) is 3. The van der Waals surface area contributed by atoms with Crippen LogP contribution in [0, 0.1) is 5.82 Å². The molecule has 1 amide bonds. The Morgan fingerprint density at radius 3 is 2.92 bits per heavy atom. The normalized spacial score (nSPS) is 14.0. The number of hydrogen-bond donors (Lipinski definition) is 2. The highest BCUT2D eigenvalue weighted by molar-refractivity contribution is 5.95. The van der Waals surface area contributed by atoms with Crippen LogP contribution in [-0.2, 0) is 19.7 Å². The topological polar surface area (TPSA) is 67.2 Å². The van der Waals surface area contributed by atoms with Gasteiger partial charge in [0.2, 0.25) is 0 Å². The van der Waals surface area contributed by atoms with E-state index in [2.05, 4.69) is 17.3 Å². The second kappa shape index (κ2) is 7.13. The third-order valence-electron chi connectivity index (χ3n) is 4.26. The first-order valence-corrected chi connectivity index (χ1v) is 8.36. The van der Waals surface area contributed by atoms with E-state index in [1.165, 1.54) is 6.07 Å². The van der Waals surface area contributed by atoms with Gasteiger partial charge < -0.3 is 10.4 Å². The maximum atomic E-state index is 13.4. The summed E-state index contributed by atoms with van der Waals surface area (Å²) in [4.78, 5) is 12.5. The Bertz CT molecular complexity index is 738. The molecule has 3 rings (SSSR count). The Labute approximate surface area is 140 Å². The van der Waals surface area contributed by atoms with Crippen molar-refractivity contribution in [3.8, 4) is 0 Å². The zero-order valence-electron chi connectivity index (χ0n) is 13.8. The molecule has 0 bridgehead atoms. The number of aromatic nitrogens is 2. The third-order valence-corrected chi connectivity index (χ3v) is 4.26. The maximum absolute atomic E-state index is 13.4. The van der Waals surface area contributed by atoms with E-state index in [0.717, 1.165) is 37.1 Å². The Morgan fingerprint density at radius 2 is 2.25 bits per heavy atom. The van der Waals surface area contributed by atoms with E-state index in [1.54, 1.807) is 18.3 Å². The molecule has 128 valence electrons. The molecule has 1 fully saturated rings. The van der Waals surface area contributed by atoms with Crippen LogP contribution < -0.4 is 5.32 Å². The van der Waals surface area contributed by atoms with Gasteiger partial charge in [0.05, 0.1) is 24.1 Å². The monoisotopic (exact) mass is 331 g/mol. The van der Waals surface area contributed by atoms with Crippen molar-refractivity contribution in [2.24, 2.45) is 0 Å². The summed E-state index contributed by atoms with van der Waals surface area (Å²) in [6.45, 7) is 2.83. The Hall–Kier alpha value is -2.21. The molecule has 0 aliphatic heterocycles. The number of halogens is 1. The lowest BCUT2D eigenvalue weighted by atomic mass is 10.1. The highest BCUT2D eigenvalue weighted by atomic mass is 19.1. The van der Waals surface area contributed by atoms with E-state index in [1.807, 2.05) is 4.68 Å². The summed E-state index contributed by atoms with van der Waals surface area (Å²) in [5.74, 6) is -0.162. The minimum absolute atomic E-state index is 0.158. The zero-order chi connectivity index (χ0) is 17.1. The molecular formula is C18H22FN3O2. The molecule has 2 N–H and O–H groups in total. The van der Waals surface area contributed by atoms with Crippen LogP contribution in [0.1, 0.15) is 59.3 Å². The molecule has 2 aromatic rings. The number of amides is 1. The van der Waals surface area contributed by atoms with E-state index >= 15 is 0 Å². The molecular weight excluding hydrogens is 309 g/mol. The Kier molecular flexibility index (Phi) is 4.94. The third kappa shape index (κ3) is 3.48. The number of carbonyl (C=O) groups is 1. The van der Waals surface area contributed by atoms with Crippen molar-refractivity contribution >= 4 is 5.91 Å². The number of benzene rings is 1. The molecule has 0 radical (unpaired) electrons. The van der Waals surface area contributed by atoms with Gasteiger partial charge in [-0.1, -0.05) is 13.0 Å². The molecule has 24 heavy (non-hydrogen) atoms. The van der Waals surface area contributed by atoms with Crippen molar-refractivity contribution in [3.05, 3.63) is 52.6 Å². The standard InChI is InChI=1S/C18H22FN3O2/c1-2-7-22-17(13-4-5-13)15(10-21-22)18(24)20-9-12-3-6-16(19)14(8-12)11-23/h3,6,8,10,13,23H,2,4-5,7,9,11H2,1H3,(H,20,24). The fourth-order valence-corrected chi connectivity index (χ4v) is 2.88. The number of rotatable bonds is 7. The second-order valence-corrected chi connectivity index (χ2v) is 6.21. The first kappa shape index (κ1) is 16.6. The predicted octanol–water partition coefficient (Wildman–Crippen LogP) is 2.73. The molecule has 0 atom stereocenters. The van der Waals surface area contributed by atoms with Gasteiger partial charge in [0.1, 0.15) is 5.82 Å². The van der Waals surface area contributed by atoms with Crippen LogP contribution in [-0.4, -0.2) is 20.8 Å². The number of nitrogens with one attached hydrogen (secondary N) is 1. The van der Waals surface area contributed by atoms with Crippen LogP contribution in [0.5, 0.6) is 0 Å². The number of aryl methyl sites for hydroxylation is 1. The summed E-state index contributed by atoms with van der Waals surface area (Å²) in [5, 5.41) is 16.3. The van der Waals surface area contributed by atoms with Gasteiger partial charge in [-0.05, 0) is 37.0 Å². The molecule has 6 heteroatoms. The fourth-order valence-electron chi connectivity index (χ4n) is 2.88. The lowest BCUT2D eigenvalue weighted by Crippen LogP contribution is -2.24. The van der Waals surface area contributed by atoms with Gasteiger partial charge in [-0.3, -0.25) is 9.48 Å². The minimum Gasteiger partial charge on any atom is -0.392 e. The molecule has 1 aromatic heterocycles. The van der Waals surface area contributed by atoms with Crippen molar-refractivity contribution in [2.75, 3.05) is 0 Å². The van der Waals surface area contributed by atoms with Crippen LogP contribution in [0.4, 0.5) is 4.39 Å². The summed E-state index contributed by atoms with van der Waals surface area (Å²) < 4.78 is 15.3. The first-order valence-electron chi connectivity index (χ1n) is 8.36. The smallest absolute Gasteiger partial charge is 0.255 e. The molecule has 1 aliphatic rings. The highest BCUT2D eigenvalue weighted by Crippen LogP contribution is 2.41. The maximum Gasteiger partial charge on any atom is 0.255 e. The van der Waals surface area contributed by atoms with E-state index in [4.69, 9.17) is 5.11 Å². The van der Waals surface area contributed by atoms with Gasteiger partial charge in [-0.2, -0.15) is 5.10 Å². The van der Waals surface area contributed by atoms with E-state index in [-0.39, 0.29) is 24.6 Å². The van der Waals surface area contributed by atoms with Crippen molar-refractivity contribution in [1.29, 1.82) is 0 Å². The lowest BCUT2D eigenvalue weighted by molar-refractivity contribution is 0.0949. The average molecular weight is 331 g/mol. The quantitative estimate of drug-likeness (QED) is 0.820. The Morgan fingerprint density at radius 1 is 1.46 bits per heavy atom. The molecule has 1 aliphatic carbocycles. The van der Waals surface area contributed by atoms with Crippen LogP contribution in [0.3, 0.4) is 0 Å². The van der Waals surface area contributed by atoms with Gasteiger partial charge >= 0.3 is 0 Å². The second-order valence-electron chi connectivity index (χ2n) is 6.21. The van der Waals surface area contributed by atoms with Crippen molar-refractivity contribution in [3.63, 3.8) is 0 Å². The fraction of sp³-hybridized carbons (Fsp3) is 0.444. The number of carbonyl (C=O) groups excluding carboxylic acids is 1. The first-order chi connectivity index (χ1) is 11.6. The summed E-state index contributed by atoms with van der Waals surface area (Å²) >= 11 is 0. The van der Waals surface area contributed by atoms with E-state index in [0.29, 0.717) is 11.5 Å².